The Morgan fingerprint density at radius 3 is 2.61 bits per heavy atom. The second kappa shape index (κ2) is 9.37. The summed E-state index contributed by atoms with van der Waals surface area (Å²) in [6.07, 6.45) is 6.72. The number of anilines is 1. The van der Waals surface area contributed by atoms with Crippen molar-refractivity contribution in [1.29, 1.82) is 0 Å². The smallest absolute Gasteiger partial charge is 0.249 e. The van der Waals surface area contributed by atoms with Gasteiger partial charge in [-0.25, -0.2) is 8.78 Å². The van der Waals surface area contributed by atoms with Crippen molar-refractivity contribution >= 4 is 11.6 Å². The van der Waals surface area contributed by atoms with Gasteiger partial charge >= 0.3 is 0 Å². The van der Waals surface area contributed by atoms with Gasteiger partial charge in [0.1, 0.15) is 0 Å². The summed E-state index contributed by atoms with van der Waals surface area (Å²) in [5.41, 5.74) is 1.37. The minimum atomic E-state index is -2.75. The van der Waals surface area contributed by atoms with E-state index in [2.05, 4.69) is 20.3 Å². The Balaban J connectivity index is 1.11. The highest BCUT2D eigenvalue weighted by atomic mass is 19.3. The number of nitrogens with zero attached hydrogens (tertiary/aromatic N) is 5. The van der Waals surface area contributed by atoms with Gasteiger partial charge in [-0.2, -0.15) is 4.98 Å². The van der Waals surface area contributed by atoms with Crippen molar-refractivity contribution in [1.82, 2.24) is 20.3 Å². The number of carbonyl (C=O) groups excluding carboxylic acids is 1. The van der Waals surface area contributed by atoms with Gasteiger partial charge in [-0.1, -0.05) is 17.6 Å². The first-order valence-electron chi connectivity index (χ1n) is 12.9. The van der Waals surface area contributed by atoms with Gasteiger partial charge in [0.05, 0.1) is 0 Å². The molecule has 36 heavy (non-hydrogen) atoms. The third-order valence-electron chi connectivity index (χ3n) is 7.18. The lowest BCUT2D eigenvalue weighted by Crippen LogP contribution is -2.47. The molecule has 3 fully saturated rings. The third-order valence-corrected chi connectivity index (χ3v) is 7.18. The molecule has 3 aromatic rings. The van der Waals surface area contributed by atoms with Crippen LogP contribution in [0.25, 0.3) is 11.5 Å². The van der Waals surface area contributed by atoms with Gasteiger partial charge in [-0.15, -0.1) is 10.2 Å². The molecular weight excluding hydrogens is 468 g/mol. The fourth-order valence-corrected chi connectivity index (χ4v) is 4.68. The van der Waals surface area contributed by atoms with Crippen LogP contribution in [0.15, 0.2) is 33.2 Å². The highest BCUT2D eigenvalue weighted by Gasteiger charge is 2.50. The minimum Gasteiger partial charge on any atom is -0.420 e. The molecule has 10 heteroatoms. The van der Waals surface area contributed by atoms with E-state index in [-0.39, 0.29) is 5.91 Å². The summed E-state index contributed by atoms with van der Waals surface area (Å²) < 4.78 is 38.2. The van der Waals surface area contributed by atoms with Crippen LogP contribution in [0.2, 0.25) is 0 Å². The van der Waals surface area contributed by atoms with Crippen LogP contribution in [-0.2, 0) is 11.2 Å². The molecule has 0 N–H and O–H groups in total. The van der Waals surface area contributed by atoms with Crippen LogP contribution in [0, 0.1) is 5.92 Å². The SMILES string of the molecule is O=C(C1CC(F)(F)C1)N(CCCCCc1nc(C2CC2)no1)c1cccc(-c2nnc(C3CC3)o2)c1. The number of carbonyl (C=O) groups is 1. The van der Waals surface area contributed by atoms with E-state index in [1.54, 1.807) is 4.90 Å². The van der Waals surface area contributed by atoms with Gasteiger partial charge in [0.25, 0.3) is 0 Å². The average Bonchev–Trinajstić information content (AvgIpc) is 3.79. The summed E-state index contributed by atoms with van der Waals surface area (Å²) >= 11 is 0. The number of alkyl halides is 2. The predicted octanol–water partition coefficient (Wildman–Crippen LogP) is 5.67. The molecule has 6 rings (SSSR count). The van der Waals surface area contributed by atoms with Gasteiger partial charge < -0.3 is 13.8 Å². The predicted molar refractivity (Wildman–Crippen MR) is 126 cm³/mol. The van der Waals surface area contributed by atoms with Crippen LogP contribution < -0.4 is 4.90 Å². The highest BCUT2D eigenvalue weighted by Crippen LogP contribution is 2.44. The zero-order valence-corrected chi connectivity index (χ0v) is 20.0. The Bertz CT molecular complexity index is 1230. The van der Waals surface area contributed by atoms with Crippen molar-refractivity contribution in [3.05, 3.63) is 41.9 Å². The summed E-state index contributed by atoms with van der Waals surface area (Å²) in [5.74, 6) is -0.341. The Kier molecular flexibility index (Phi) is 6.05. The molecule has 190 valence electrons. The van der Waals surface area contributed by atoms with Gasteiger partial charge in [-0.3, -0.25) is 4.79 Å². The van der Waals surface area contributed by atoms with E-state index < -0.39 is 24.7 Å². The van der Waals surface area contributed by atoms with Crippen molar-refractivity contribution in [3.63, 3.8) is 0 Å². The molecule has 0 atom stereocenters. The normalized spacial score (nSPS) is 19.3. The summed E-state index contributed by atoms with van der Waals surface area (Å²) in [7, 11) is 0. The number of benzene rings is 1. The summed E-state index contributed by atoms with van der Waals surface area (Å²) in [6.45, 7) is 0.443. The lowest BCUT2D eigenvalue weighted by Gasteiger charge is -2.37. The fourth-order valence-electron chi connectivity index (χ4n) is 4.68. The van der Waals surface area contributed by atoms with Crippen LogP contribution in [-0.4, -0.2) is 38.7 Å². The number of hydrogen-bond donors (Lipinski definition) is 0. The first kappa shape index (κ1) is 23.2. The fraction of sp³-hybridized carbons (Fsp3) is 0.577. The van der Waals surface area contributed by atoms with E-state index in [0.717, 1.165) is 50.8 Å². The second-order valence-corrected chi connectivity index (χ2v) is 10.4. The van der Waals surface area contributed by atoms with Crippen molar-refractivity contribution < 1.29 is 22.5 Å². The quantitative estimate of drug-likeness (QED) is 0.315. The van der Waals surface area contributed by atoms with Crippen LogP contribution in [0.3, 0.4) is 0 Å². The van der Waals surface area contributed by atoms with E-state index in [1.165, 1.54) is 0 Å². The van der Waals surface area contributed by atoms with E-state index in [0.29, 0.717) is 53.7 Å². The molecule has 3 saturated carbocycles. The molecule has 3 aliphatic carbocycles. The first-order valence-corrected chi connectivity index (χ1v) is 12.9. The topological polar surface area (TPSA) is 98.2 Å². The molecule has 3 aliphatic rings. The van der Waals surface area contributed by atoms with E-state index in [4.69, 9.17) is 8.94 Å². The molecular formula is C26H29F2N5O3. The number of hydrogen-bond acceptors (Lipinski definition) is 7. The molecule has 0 spiro atoms. The van der Waals surface area contributed by atoms with Crippen LogP contribution >= 0.6 is 0 Å². The molecule has 2 heterocycles. The molecule has 0 aliphatic heterocycles. The summed E-state index contributed by atoms with van der Waals surface area (Å²) in [4.78, 5) is 19.3. The zero-order valence-electron chi connectivity index (χ0n) is 20.0. The largest absolute Gasteiger partial charge is 0.420 e. The van der Waals surface area contributed by atoms with E-state index in [9.17, 15) is 13.6 Å². The van der Waals surface area contributed by atoms with E-state index >= 15 is 0 Å². The number of rotatable bonds is 11. The molecule has 1 aromatic carbocycles. The summed E-state index contributed by atoms with van der Waals surface area (Å²) in [6, 6.07) is 7.34. The number of unbranched alkanes of at least 4 members (excludes halogenated alkanes) is 2. The molecule has 0 saturated heterocycles. The lowest BCUT2D eigenvalue weighted by atomic mass is 9.80. The van der Waals surface area contributed by atoms with Crippen molar-refractivity contribution in [2.24, 2.45) is 5.92 Å². The standard InChI is InChI=1S/C26H29F2N5O3/c27-26(28)14-19(15-26)25(34)33(12-3-1-2-7-21-29-22(32-36-21)16-8-9-16)20-6-4-5-18(13-20)24-31-30-23(35-24)17-10-11-17/h4-6,13,16-17,19H,1-3,7-12,14-15H2. The van der Waals surface area contributed by atoms with Gasteiger partial charge in [0.15, 0.2) is 5.82 Å². The maximum absolute atomic E-state index is 13.5. The Morgan fingerprint density at radius 2 is 1.86 bits per heavy atom. The van der Waals surface area contributed by atoms with Gasteiger partial charge in [0.2, 0.25) is 29.5 Å². The minimum absolute atomic E-state index is 0.256. The number of aromatic nitrogens is 4. The van der Waals surface area contributed by atoms with Crippen LogP contribution in [0.4, 0.5) is 14.5 Å². The second-order valence-electron chi connectivity index (χ2n) is 10.4. The Morgan fingerprint density at radius 1 is 1.06 bits per heavy atom. The number of halogens is 2. The average molecular weight is 498 g/mol. The Hall–Kier alpha value is -3.17. The van der Waals surface area contributed by atoms with Crippen LogP contribution in [0.1, 0.15) is 87.2 Å². The first-order chi connectivity index (χ1) is 17.4. The van der Waals surface area contributed by atoms with E-state index in [1.807, 2.05) is 24.3 Å². The zero-order chi connectivity index (χ0) is 24.7. The van der Waals surface area contributed by atoms with Crippen molar-refractivity contribution in [2.45, 2.75) is 82.0 Å². The maximum atomic E-state index is 13.5. The van der Waals surface area contributed by atoms with Crippen molar-refractivity contribution in [2.75, 3.05) is 11.4 Å². The molecule has 2 aromatic heterocycles. The number of amides is 1. The molecule has 8 nitrogen and oxygen atoms in total. The molecule has 0 unspecified atom stereocenters. The number of aryl methyl sites for hydroxylation is 1. The van der Waals surface area contributed by atoms with Gasteiger partial charge in [-0.05, 0) is 56.7 Å². The van der Waals surface area contributed by atoms with Crippen molar-refractivity contribution in [3.8, 4) is 11.5 Å². The Labute approximate surface area is 207 Å². The monoisotopic (exact) mass is 497 g/mol. The third kappa shape index (κ3) is 5.17. The summed E-state index contributed by atoms with van der Waals surface area (Å²) in [5, 5.41) is 12.4. The highest BCUT2D eigenvalue weighted by molar-refractivity contribution is 5.96. The molecule has 0 radical (unpaired) electrons. The van der Waals surface area contributed by atoms with Gasteiger partial charge in [0, 0.05) is 54.8 Å². The molecule has 1 amide bonds. The maximum Gasteiger partial charge on any atom is 0.249 e. The molecule has 0 bridgehead atoms. The van der Waals surface area contributed by atoms with Crippen LogP contribution in [0.5, 0.6) is 0 Å². The lowest BCUT2D eigenvalue weighted by molar-refractivity contribution is -0.147.